The number of hydrogen-bond acceptors (Lipinski definition) is 4. The molecule has 7 rings (SSSR count). The molecule has 0 unspecified atom stereocenters. The zero-order chi connectivity index (χ0) is 30.2. The van der Waals surface area contributed by atoms with Gasteiger partial charge in [-0.2, -0.15) is 0 Å². The van der Waals surface area contributed by atoms with Gasteiger partial charge in [0.25, 0.3) is 0 Å². The third kappa shape index (κ3) is 3.86. The Hall–Kier alpha value is -4.84. The van der Waals surface area contributed by atoms with E-state index in [1.807, 2.05) is 94.4 Å². The molecule has 214 valence electrons. The van der Waals surface area contributed by atoms with Crippen LogP contribution in [-0.2, 0) is 25.6 Å². The summed E-state index contributed by atoms with van der Waals surface area (Å²) in [5.41, 5.74) is 5.59. The number of fused-ring (bicyclic) bond motifs is 6. The first kappa shape index (κ1) is 27.0. The summed E-state index contributed by atoms with van der Waals surface area (Å²) in [7, 11) is 0. The lowest BCUT2D eigenvalue weighted by atomic mass is 9.54. The molecule has 4 amide bonds. The molecule has 43 heavy (non-hydrogen) atoms. The highest BCUT2D eigenvalue weighted by molar-refractivity contribution is 6.31. The molecule has 6 heteroatoms. The van der Waals surface area contributed by atoms with Crippen LogP contribution in [0.4, 0.5) is 11.4 Å². The van der Waals surface area contributed by atoms with E-state index in [9.17, 15) is 14.4 Å². The van der Waals surface area contributed by atoms with Crippen molar-refractivity contribution in [2.24, 2.45) is 11.3 Å². The molecule has 2 heterocycles. The highest BCUT2D eigenvalue weighted by atomic mass is 16.2. The van der Waals surface area contributed by atoms with Crippen LogP contribution in [0.5, 0.6) is 0 Å². The van der Waals surface area contributed by atoms with Crippen LogP contribution in [-0.4, -0.2) is 23.6 Å². The number of nitrogens with zero attached hydrogens (tertiary/aromatic N) is 2. The van der Waals surface area contributed by atoms with Crippen LogP contribution < -0.4 is 9.80 Å². The molecular weight excluding hydrogens is 536 g/mol. The lowest BCUT2D eigenvalue weighted by Crippen LogP contribution is -2.51. The van der Waals surface area contributed by atoms with Crippen LogP contribution in [0.25, 0.3) is 0 Å². The molecule has 3 aliphatic rings. The van der Waals surface area contributed by atoms with E-state index in [2.05, 4.69) is 0 Å². The quantitative estimate of drug-likeness (QED) is 0.279. The zero-order valence-corrected chi connectivity index (χ0v) is 24.6. The number of carbonyl (C=O) groups is 4. The van der Waals surface area contributed by atoms with Gasteiger partial charge in [-0.15, -0.1) is 0 Å². The van der Waals surface area contributed by atoms with Crippen molar-refractivity contribution in [1.29, 1.82) is 0 Å². The number of hydrogen-bond donors (Lipinski definition) is 0. The predicted molar refractivity (Wildman–Crippen MR) is 165 cm³/mol. The van der Waals surface area contributed by atoms with Crippen LogP contribution in [0, 0.1) is 39.0 Å². The summed E-state index contributed by atoms with van der Waals surface area (Å²) >= 11 is 0. The fraction of sp³-hybridized carbons (Fsp3) is 0.243. The fourth-order valence-corrected chi connectivity index (χ4v) is 7.45. The van der Waals surface area contributed by atoms with E-state index in [1.54, 1.807) is 24.3 Å². The molecule has 0 spiro atoms. The lowest BCUT2D eigenvalue weighted by Gasteiger charge is -2.43. The minimum atomic E-state index is -1.49. The SMILES string of the molecule is Cc1ccc(C[C@]23C(=O)N(c4ccc(C)cc4)C(=O)[C@@H]2c2cc(C)ccc2[C@H]2C(=O)N(c4ccc(C)cc4)C(=O)[C@H]23)cc1. The van der Waals surface area contributed by atoms with E-state index in [0.29, 0.717) is 22.5 Å². The fourth-order valence-electron chi connectivity index (χ4n) is 7.45. The number of amides is 4. The number of carbonyl (C=O) groups excluding carboxylic acids is 4. The molecule has 4 atom stereocenters. The summed E-state index contributed by atoms with van der Waals surface area (Å²) in [6.45, 7) is 7.82. The first-order chi connectivity index (χ1) is 20.6. The Labute approximate surface area is 250 Å². The van der Waals surface area contributed by atoms with Gasteiger partial charge in [0.1, 0.15) is 0 Å². The third-order valence-electron chi connectivity index (χ3n) is 9.53. The maximum Gasteiger partial charge on any atom is 0.242 e. The molecule has 2 saturated heterocycles. The van der Waals surface area contributed by atoms with Crippen LogP contribution in [0.1, 0.15) is 50.8 Å². The normalized spacial score (nSPS) is 24.3. The van der Waals surface area contributed by atoms with E-state index in [0.717, 1.165) is 27.8 Å². The smallest absolute Gasteiger partial charge is 0.242 e. The molecule has 4 aromatic rings. The maximum absolute atomic E-state index is 15.0. The highest BCUT2D eigenvalue weighted by Gasteiger charge is 2.73. The summed E-state index contributed by atoms with van der Waals surface area (Å²) in [6.07, 6.45) is 0.153. The Morgan fingerprint density at radius 3 is 1.65 bits per heavy atom. The number of anilines is 2. The summed E-state index contributed by atoms with van der Waals surface area (Å²) in [5.74, 6) is -4.45. The van der Waals surface area contributed by atoms with E-state index < -0.39 is 35.0 Å². The second kappa shape index (κ2) is 9.60. The largest absolute Gasteiger partial charge is 0.274 e. The van der Waals surface area contributed by atoms with Crippen LogP contribution in [0.2, 0.25) is 0 Å². The van der Waals surface area contributed by atoms with Gasteiger partial charge in [0.15, 0.2) is 0 Å². The molecule has 0 bridgehead atoms. The number of imide groups is 2. The van der Waals surface area contributed by atoms with E-state index in [1.165, 1.54) is 9.80 Å². The molecule has 2 aliphatic heterocycles. The van der Waals surface area contributed by atoms with Crippen LogP contribution >= 0.6 is 0 Å². The Balaban J connectivity index is 1.50. The average molecular weight is 569 g/mol. The summed E-state index contributed by atoms with van der Waals surface area (Å²) in [5, 5.41) is 0. The van der Waals surface area contributed by atoms with Crippen molar-refractivity contribution in [2.75, 3.05) is 9.80 Å². The van der Waals surface area contributed by atoms with Crippen LogP contribution in [0.15, 0.2) is 91.0 Å². The van der Waals surface area contributed by atoms with Gasteiger partial charge < -0.3 is 0 Å². The van der Waals surface area contributed by atoms with Gasteiger partial charge in [0, 0.05) is 0 Å². The first-order valence-corrected chi connectivity index (χ1v) is 14.7. The Morgan fingerprint density at radius 1 is 0.558 bits per heavy atom. The zero-order valence-electron chi connectivity index (χ0n) is 24.6. The van der Waals surface area contributed by atoms with Gasteiger partial charge in [-0.05, 0) is 75.1 Å². The number of rotatable bonds is 4. The van der Waals surface area contributed by atoms with Crippen molar-refractivity contribution in [3.05, 3.63) is 130 Å². The Bertz CT molecular complexity index is 1820. The first-order valence-electron chi connectivity index (χ1n) is 14.7. The van der Waals surface area contributed by atoms with Gasteiger partial charge in [-0.25, -0.2) is 9.80 Å². The van der Waals surface area contributed by atoms with E-state index >= 15 is 4.79 Å². The summed E-state index contributed by atoms with van der Waals surface area (Å²) < 4.78 is 0. The predicted octanol–water partition coefficient (Wildman–Crippen LogP) is 6.09. The van der Waals surface area contributed by atoms with E-state index in [-0.39, 0.29) is 18.2 Å². The van der Waals surface area contributed by atoms with Crippen molar-refractivity contribution in [2.45, 2.75) is 46.0 Å². The van der Waals surface area contributed by atoms with Crippen molar-refractivity contribution in [1.82, 2.24) is 0 Å². The minimum absolute atomic E-state index is 0.153. The lowest BCUT2D eigenvalue weighted by molar-refractivity contribution is -0.138. The second-order valence-electron chi connectivity index (χ2n) is 12.4. The van der Waals surface area contributed by atoms with Gasteiger partial charge in [-0.1, -0.05) is 89.0 Å². The topological polar surface area (TPSA) is 74.8 Å². The third-order valence-corrected chi connectivity index (χ3v) is 9.53. The minimum Gasteiger partial charge on any atom is -0.274 e. The monoisotopic (exact) mass is 568 g/mol. The van der Waals surface area contributed by atoms with Crippen molar-refractivity contribution < 1.29 is 19.2 Å². The molecule has 0 radical (unpaired) electrons. The van der Waals surface area contributed by atoms with Gasteiger partial charge >= 0.3 is 0 Å². The number of benzene rings is 4. The molecule has 0 aromatic heterocycles. The summed E-state index contributed by atoms with van der Waals surface area (Å²) in [6, 6.07) is 28.1. The van der Waals surface area contributed by atoms with E-state index in [4.69, 9.17) is 0 Å². The second-order valence-corrected chi connectivity index (χ2v) is 12.4. The Morgan fingerprint density at radius 2 is 1.07 bits per heavy atom. The average Bonchev–Trinajstić information content (AvgIpc) is 3.38. The van der Waals surface area contributed by atoms with Gasteiger partial charge in [-0.3, -0.25) is 19.2 Å². The highest BCUT2D eigenvalue weighted by Crippen LogP contribution is 2.63. The molecule has 4 aromatic carbocycles. The molecule has 1 aliphatic carbocycles. The number of aryl methyl sites for hydroxylation is 4. The van der Waals surface area contributed by atoms with Gasteiger partial charge in [0.2, 0.25) is 23.6 Å². The summed E-state index contributed by atoms with van der Waals surface area (Å²) in [4.78, 5) is 61.2. The van der Waals surface area contributed by atoms with Crippen molar-refractivity contribution in [3.63, 3.8) is 0 Å². The standard InChI is InChI=1S/C37H32N2O4/c1-21-5-12-25(13-6-21)20-37-31(34(41)39(36(37)43)27-16-9-23(3)10-17-27)29-19-24(4)11-18-28(29)30-32(37)35(42)38(33(30)40)26-14-7-22(2)8-15-26/h5-19,30-32H,20H2,1-4H3/t30-,31+,32+,37+/m1/s1. The molecule has 6 nitrogen and oxygen atoms in total. The van der Waals surface area contributed by atoms with Crippen molar-refractivity contribution in [3.8, 4) is 0 Å². The van der Waals surface area contributed by atoms with Gasteiger partial charge in [0.05, 0.1) is 34.5 Å². The molecule has 2 fully saturated rings. The molecular formula is C37H32N2O4. The molecule has 0 saturated carbocycles. The van der Waals surface area contributed by atoms with Crippen LogP contribution in [0.3, 0.4) is 0 Å². The maximum atomic E-state index is 15.0. The van der Waals surface area contributed by atoms with Crippen molar-refractivity contribution >= 4 is 35.0 Å². The molecule has 0 N–H and O–H groups in total. The Kier molecular flexibility index (Phi) is 6.03.